The number of nitrogens with two attached hydrogens (primary N) is 1. The molecule has 0 aliphatic heterocycles. The minimum atomic E-state index is -0.741. The molecule has 0 amide bonds. The Morgan fingerprint density at radius 2 is 1.83 bits per heavy atom. The molecule has 1 aromatic rings. The Morgan fingerprint density at radius 3 is 2.33 bits per heavy atom. The van der Waals surface area contributed by atoms with Gasteiger partial charge < -0.3 is 10.8 Å². The van der Waals surface area contributed by atoms with Gasteiger partial charge in [-0.25, -0.2) is 0 Å². The number of rotatable bonds is 6. The zero-order valence-electron chi connectivity index (χ0n) is 11.9. The highest BCUT2D eigenvalue weighted by Gasteiger charge is 2.21. The fraction of sp³-hybridized carbons (Fsp3) is 0.600. The SMILES string of the molecule is Cc1cc(C)cc(CSC(C)CC(C)(O)CN)c1. The molecule has 18 heavy (non-hydrogen) atoms. The zero-order valence-corrected chi connectivity index (χ0v) is 12.7. The fourth-order valence-corrected chi connectivity index (χ4v) is 3.27. The quantitative estimate of drug-likeness (QED) is 0.833. The molecular formula is C15H25NOS. The number of aliphatic hydroxyl groups is 1. The van der Waals surface area contributed by atoms with Gasteiger partial charge in [0.15, 0.2) is 0 Å². The third-order valence-electron chi connectivity index (χ3n) is 2.98. The van der Waals surface area contributed by atoms with Gasteiger partial charge in [0, 0.05) is 17.5 Å². The summed E-state index contributed by atoms with van der Waals surface area (Å²) in [5.41, 5.74) is 8.78. The molecular weight excluding hydrogens is 242 g/mol. The fourth-order valence-electron chi connectivity index (χ4n) is 2.15. The van der Waals surface area contributed by atoms with E-state index in [1.165, 1.54) is 16.7 Å². The van der Waals surface area contributed by atoms with E-state index in [9.17, 15) is 5.11 Å². The summed E-state index contributed by atoms with van der Waals surface area (Å²) in [5.74, 6) is 0.990. The first kappa shape index (κ1) is 15.5. The maximum Gasteiger partial charge on any atom is 0.0751 e. The van der Waals surface area contributed by atoms with Crippen molar-refractivity contribution in [3.05, 3.63) is 34.9 Å². The number of thioether (sulfide) groups is 1. The van der Waals surface area contributed by atoms with Crippen molar-refractivity contribution in [3.63, 3.8) is 0 Å². The van der Waals surface area contributed by atoms with Gasteiger partial charge in [0.2, 0.25) is 0 Å². The molecule has 0 saturated carbocycles. The predicted molar refractivity (Wildman–Crippen MR) is 81.0 cm³/mol. The molecule has 2 nitrogen and oxygen atoms in total. The number of benzene rings is 1. The van der Waals surface area contributed by atoms with Crippen LogP contribution in [0.3, 0.4) is 0 Å². The predicted octanol–water partition coefficient (Wildman–Crippen LogP) is 3.02. The molecule has 2 atom stereocenters. The maximum absolute atomic E-state index is 9.94. The van der Waals surface area contributed by atoms with Crippen LogP contribution in [0.15, 0.2) is 18.2 Å². The molecule has 0 heterocycles. The van der Waals surface area contributed by atoms with Gasteiger partial charge >= 0.3 is 0 Å². The van der Waals surface area contributed by atoms with Crippen molar-refractivity contribution in [2.75, 3.05) is 6.54 Å². The molecule has 102 valence electrons. The molecule has 1 rings (SSSR count). The second-order valence-electron chi connectivity index (χ2n) is 5.52. The highest BCUT2D eigenvalue weighted by molar-refractivity contribution is 7.99. The van der Waals surface area contributed by atoms with Crippen LogP contribution in [-0.2, 0) is 5.75 Å². The van der Waals surface area contributed by atoms with Gasteiger partial charge in [0.05, 0.1) is 5.60 Å². The molecule has 0 radical (unpaired) electrons. The van der Waals surface area contributed by atoms with E-state index in [4.69, 9.17) is 5.73 Å². The van der Waals surface area contributed by atoms with Crippen LogP contribution in [-0.4, -0.2) is 22.5 Å². The second kappa shape index (κ2) is 6.60. The van der Waals surface area contributed by atoms with Crippen molar-refractivity contribution in [2.45, 2.75) is 50.7 Å². The zero-order chi connectivity index (χ0) is 13.8. The van der Waals surface area contributed by atoms with Crippen LogP contribution in [0.4, 0.5) is 0 Å². The van der Waals surface area contributed by atoms with Crippen molar-refractivity contribution in [1.29, 1.82) is 0 Å². The molecule has 3 N–H and O–H groups in total. The lowest BCUT2D eigenvalue weighted by Gasteiger charge is -2.24. The van der Waals surface area contributed by atoms with E-state index in [2.05, 4.69) is 39.0 Å². The lowest BCUT2D eigenvalue weighted by molar-refractivity contribution is 0.0608. The molecule has 3 heteroatoms. The van der Waals surface area contributed by atoms with E-state index in [1.54, 1.807) is 6.92 Å². The van der Waals surface area contributed by atoms with Crippen molar-refractivity contribution >= 4 is 11.8 Å². The molecule has 0 spiro atoms. The highest BCUT2D eigenvalue weighted by atomic mass is 32.2. The summed E-state index contributed by atoms with van der Waals surface area (Å²) in [5, 5.41) is 10.3. The van der Waals surface area contributed by atoms with Gasteiger partial charge in [-0.05, 0) is 32.8 Å². The highest BCUT2D eigenvalue weighted by Crippen LogP contribution is 2.25. The smallest absolute Gasteiger partial charge is 0.0751 e. The van der Waals surface area contributed by atoms with Crippen molar-refractivity contribution in [3.8, 4) is 0 Å². The summed E-state index contributed by atoms with van der Waals surface area (Å²) in [6.07, 6.45) is 0.735. The Morgan fingerprint density at radius 1 is 1.28 bits per heavy atom. The van der Waals surface area contributed by atoms with Gasteiger partial charge in [-0.1, -0.05) is 36.2 Å². The van der Waals surface area contributed by atoms with Crippen LogP contribution in [0, 0.1) is 13.8 Å². The van der Waals surface area contributed by atoms with E-state index in [-0.39, 0.29) is 0 Å². The van der Waals surface area contributed by atoms with Crippen molar-refractivity contribution < 1.29 is 5.11 Å². The first-order chi connectivity index (χ1) is 8.32. The third-order valence-corrected chi connectivity index (χ3v) is 4.22. The first-order valence-electron chi connectivity index (χ1n) is 6.43. The Labute approximate surface area is 115 Å². The monoisotopic (exact) mass is 267 g/mol. The Hall–Kier alpha value is -0.510. The lowest BCUT2D eigenvalue weighted by atomic mass is 10.0. The second-order valence-corrected chi connectivity index (χ2v) is 6.95. The van der Waals surface area contributed by atoms with E-state index in [0.29, 0.717) is 11.8 Å². The van der Waals surface area contributed by atoms with E-state index in [0.717, 1.165) is 12.2 Å². The summed E-state index contributed by atoms with van der Waals surface area (Å²) in [6.45, 7) is 8.54. The van der Waals surface area contributed by atoms with Gasteiger partial charge in [-0.2, -0.15) is 11.8 Å². The van der Waals surface area contributed by atoms with Crippen LogP contribution in [0.25, 0.3) is 0 Å². The summed E-state index contributed by atoms with van der Waals surface area (Å²) in [6, 6.07) is 6.65. The Balaban J connectivity index is 2.49. The molecule has 0 aliphatic rings. The van der Waals surface area contributed by atoms with Crippen LogP contribution < -0.4 is 5.73 Å². The Bertz CT molecular complexity index is 370. The summed E-state index contributed by atoms with van der Waals surface area (Å²) in [4.78, 5) is 0. The molecule has 0 aliphatic carbocycles. The molecule has 0 bridgehead atoms. The molecule has 2 unspecified atom stereocenters. The van der Waals surface area contributed by atoms with Crippen LogP contribution in [0.2, 0.25) is 0 Å². The lowest BCUT2D eigenvalue weighted by Crippen LogP contribution is -2.36. The third kappa shape index (κ3) is 5.42. The van der Waals surface area contributed by atoms with E-state index in [1.807, 2.05) is 11.8 Å². The van der Waals surface area contributed by atoms with Gasteiger partial charge in [-0.15, -0.1) is 0 Å². The maximum atomic E-state index is 9.94. The normalized spacial score (nSPS) is 16.3. The molecule has 0 aromatic heterocycles. The number of hydrogen-bond acceptors (Lipinski definition) is 3. The average molecular weight is 267 g/mol. The van der Waals surface area contributed by atoms with Gasteiger partial charge in [0.25, 0.3) is 0 Å². The molecule has 1 aromatic carbocycles. The number of hydrogen-bond donors (Lipinski definition) is 2. The van der Waals surface area contributed by atoms with Crippen LogP contribution >= 0.6 is 11.8 Å². The van der Waals surface area contributed by atoms with Crippen LogP contribution in [0.1, 0.15) is 37.0 Å². The molecule has 0 fully saturated rings. The van der Waals surface area contributed by atoms with E-state index >= 15 is 0 Å². The first-order valence-corrected chi connectivity index (χ1v) is 7.48. The summed E-state index contributed by atoms with van der Waals surface area (Å²) < 4.78 is 0. The molecule has 0 saturated heterocycles. The minimum absolute atomic E-state index is 0.321. The minimum Gasteiger partial charge on any atom is -0.389 e. The van der Waals surface area contributed by atoms with Crippen molar-refractivity contribution in [1.82, 2.24) is 0 Å². The van der Waals surface area contributed by atoms with Crippen LogP contribution in [0.5, 0.6) is 0 Å². The Kier molecular flexibility index (Phi) is 5.70. The average Bonchev–Trinajstić information content (AvgIpc) is 2.24. The largest absolute Gasteiger partial charge is 0.389 e. The summed E-state index contributed by atoms with van der Waals surface area (Å²) in [7, 11) is 0. The topological polar surface area (TPSA) is 46.2 Å². The van der Waals surface area contributed by atoms with Crippen molar-refractivity contribution in [2.24, 2.45) is 5.73 Å². The van der Waals surface area contributed by atoms with Gasteiger partial charge in [0.1, 0.15) is 0 Å². The van der Waals surface area contributed by atoms with Gasteiger partial charge in [-0.3, -0.25) is 0 Å². The standard InChI is InChI=1S/C15H25NOS/c1-11-5-12(2)7-14(6-11)9-18-13(3)8-15(4,17)10-16/h5-7,13,17H,8-10,16H2,1-4H3. The van der Waals surface area contributed by atoms with E-state index < -0.39 is 5.60 Å². The number of aryl methyl sites for hydroxylation is 2. The summed E-state index contributed by atoms with van der Waals surface area (Å²) >= 11 is 1.87.